The van der Waals surface area contributed by atoms with Crippen LogP contribution in [0.5, 0.6) is 0 Å². The summed E-state index contributed by atoms with van der Waals surface area (Å²) in [4.78, 5) is 11.9. The van der Waals surface area contributed by atoms with E-state index in [1.165, 1.54) is 6.07 Å². The number of rotatable bonds is 4. The van der Waals surface area contributed by atoms with Gasteiger partial charge in [-0.05, 0) is 42.5 Å². The summed E-state index contributed by atoms with van der Waals surface area (Å²) in [6, 6.07) is 14.2. The third-order valence-corrected chi connectivity index (χ3v) is 3.30. The van der Waals surface area contributed by atoms with Gasteiger partial charge in [-0.25, -0.2) is 13.2 Å². The van der Waals surface area contributed by atoms with Crippen LogP contribution in [-0.2, 0) is 10.0 Å². The molecule has 0 saturated carbocycles. The summed E-state index contributed by atoms with van der Waals surface area (Å²) in [6.07, 6.45) is 1.05. The molecule has 0 bridgehead atoms. The van der Waals surface area contributed by atoms with Crippen LogP contribution in [0.3, 0.4) is 0 Å². The first-order chi connectivity index (χ1) is 10.9. The van der Waals surface area contributed by atoms with Crippen LogP contribution < -0.4 is 15.4 Å². The van der Waals surface area contributed by atoms with E-state index in [4.69, 9.17) is 5.26 Å². The molecular weight excluding hydrogens is 316 g/mol. The minimum atomic E-state index is -3.38. The zero-order chi connectivity index (χ0) is 16.9. The molecule has 2 rings (SSSR count). The van der Waals surface area contributed by atoms with Crippen molar-refractivity contribution in [2.75, 3.05) is 21.6 Å². The Kier molecular flexibility index (Phi) is 4.83. The Morgan fingerprint density at radius 2 is 1.61 bits per heavy atom. The molecule has 0 aromatic heterocycles. The summed E-state index contributed by atoms with van der Waals surface area (Å²) in [5, 5.41) is 13.9. The fourth-order valence-electron chi connectivity index (χ4n) is 1.80. The van der Waals surface area contributed by atoms with Gasteiger partial charge in [0.15, 0.2) is 0 Å². The Labute approximate surface area is 134 Å². The summed E-state index contributed by atoms with van der Waals surface area (Å²) in [5.41, 5.74) is 1.82. The monoisotopic (exact) mass is 330 g/mol. The molecule has 0 aliphatic heterocycles. The molecule has 3 N–H and O–H groups in total. The molecule has 0 aliphatic carbocycles. The highest BCUT2D eigenvalue weighted by Gasteiger charge is 2.06. The van der Waals surface area contributed by atoms with Crippen molar-refractivity contribution < 1.29 is 13.2 Å². The number of anilines is 3. The van der Waals surface area contributed by atoms with Gasteiger partial charge in [0.05, 0.1) is 23.6 Å². The van der Waals surface area contributed by atoms with E-state index in [9.17, 15) is 13.2 Å². The highest BCUT2D eigenvalue weighted by Crippen LogP contribution is 2.16. The largest absolute Gasteiger partial charge is 0.323 e. The lowest BCUT2D eigenvalue weighted by Gasteiger charge is -2.09. The number of hydrogen-bond acceptors (Lipinski definition) is 4. The Hall–Kier alpha value is -3.05. The molecule has 118 valence electrons. The number of amides is 2. The number of nitrogens with zero attached hydrogens (tertiary/aromatic N) is 1. The summed E-state index contributed by atoms with van der Waals surface area (Å²) >= 11 is 0. The first-order valence-corrected chi connectivity index (χ1v) is 8.41. The van der Waals surface area contributed by atoms with Crippen LogP contribution in [-0.4, -0.2) is 20.7 Å². The van der Waals surface area contributed by atoms with Gasteiger partial charge in [-0.3, -0.25) is 4.72 Å². The van der Waals surface area contributed by atoms with Crippen LogP contribution in [0.4, 0.5) is 21.9 Å². The highest BCUT2D eigenvalue weighted by atomic mass is 32.2. The molecule has 0 aliphatic rings. The molecule has 0 saturated heterocycles. The second-order valence-electron chi connectivity index (χ2n) is 4.72. The summed E-state index contributed by atoms with van der Waals surface area (Å²) in [7, 11) is -3.38. The Bertz CT molecular complexity index is 855. The molecule has 0 radical (unpaired) electrons. The second kappa shape index (κ2) is 6.81. The molecule has 7 nitrogen and oxygen atoms in total. The maximum Gasteiger partial charge on any atom is 0.323 e. The average molecular weight is 330 g/mol. The normalized spacial score (nSPS) is 10.4. The molecule has 2 aromatic carbocycles. The minimum Gasteiger partial charge on any atom is -0.308 e. The number of carbonyl (C=O) groups is 1. The van der Waals surface area contributed by atoms with Crippen molar-refractivity contribution in [1.82, 2.24) is 0 Å². The van der Waals surface area contributed by atoms with Crippen molar-refractivity contribution in [3.63, 3.8) is 0 Å². The number of sulfonamides is 1. The Morgan fingerprint density at radius 3 is 2.22 bits per heavy atom. The van der Waals surface area contributed by atoms with E-state index in [1.807, 2.05) is 6.07 Å². The smallest absolute Gasteiger partial charge is 0.308 e. The van der Waals surface area contributed by atoms with Crippen LogP contribution in [0.25, 0.3) is 0 Å². The lowest BCUT2D eigenvalue weighted by molar-refractivity contribution is 0.262. The lowest BCUT2D eigenvalue weighted by atomic mass is 10.2. The minimum absolute atomic E-state index is 0.351. The number of nitriles is 1. The van der Waals surface area contributed by atoms with Gasteiger partial charge >= 0.3 is 6.03 Å². The van der Waals surface area contributed by atoms with E-state index >= 15 is 0 Å². The zero-order valence-corrected chi connectivity index (χ0v) is 13.0. The molecule has 0 unspecified atom stereocenters. The van der Waals surface area contributed by atoms with Crippen LogP contribution in [0.15, 0.2) is 48.5 Å². The van der Waals surface area contributed by atoms with Gasteiger partial charge in [0.2, 0.25) is 10.0 Å². The summed E-state index contributed by atoms with van der Waals surface area (Å²) < 4.78 is 24.7. The van der Waals surface area contributed by atoms with Gasteiger partial charge in [-0.1, -0.05) is 6.07 Å². The number of hydrogen-bond donors (Lipinski definition) is 3. The third kappa shape index (κ3) is 5.33. The van der Waals surface area contributed by atoms with E-state index in [1.54, 1.807) is 42.5 Å². The van der Waals surface area contributed by atoms with Crippen LogP contribution in [0.2, 0.25) is 0 Å². The van der Waals surface area contributed by atoms with E-state index in [0.29, 0.717) is 22.6 Å². The van der Waals surface area contributed by atoms with E-state index in [0.717, 1.165) is 6.26 Å². The van der Waals surface area contributed by atoms with Crippen LogP contribution in [0, 0.1) is 11.3 Å². The van der Waals surface area contributed by atoms with Gasteiger partial charge in [0.25, 0.3) is 0 Å². The fraction of sp³-hybridized carbons (Fsp3) is 0.0667. The number of urea groups is 1. The zero-order valence-electron chi connectivity index (χ0n) is 12.2. The van der Waals surface area contributed by atoms with E-state index in [-0.39, 0.29) is 0 Å². The fourth-order valence-corrected chi connectivity index (χ4v) is 2.35. The third-order valence-electron chi connectivity index (χ3n) is 2.70. The van der Waals surface area contributed by atoms with Crippen molar-refractivity contribution in [2.24, 2.45) is 0 Å². The first-order valence-electron chi connectivity index (χ1n) is 6.52. The Balaban J connectivity index is 2.02. The lowest BCUT2D eigenvalue weighted by Crippen LogP contribution is -2.19. The number of benzene rings is 2. The highest BCUT2D eigenvalue weighted by molar-refractivity contribution is 7.92. The summed E-state index contributed by atoms with van der Waals surface area (Å²) in [6.45, 7) is 0. The van der Waals surface area contributed by atoms with Gasteiger partial charge in [0.1, 0.15) is 0 Å². The van der Waals surface area contributed by atoms with Crippen molar-refractivity contribution in [3.8, 4) is 6.07 Å². The maximum absolute atomic E-state index is 11.9. The van der Waals surface area contributed by atoms with Crippen LogP contribution in [0.1, 0.15) is 5.56 Å². The molecule has 0 heterocycles. The number of nitrogens with one attached hydrogen (secondary N) is 3. The molecule has 8 heteroatoms. The molecule has 2 amide bonds. The molecule has 2 aromatic rings. The van der Waals surface area contributed by atoms with Crippen molar-refractivity contribution >= 4 is 33.1 Å². The standard InChI is InChI=1S/C15H14N4O3S/c1-23(21,22)19-14-4-2-3-13(9-14)18-15(20)17-12-7-5-11(10-16)6-8-12/h2-9,19H,1H3,(H2,17,18,20). The molecule has 0 atom stereocenters. The Morgan fingerprint density at radius 1 is 1.00 bits per heavy atom. The molecule has 23 heavy (non-hydrogen) atoms. The van der Waals surface area contributed by atoms with Gasteiger partial charge in [-0.2, -0.15) is 5.26 Å². The van der Waals surface area contributed by atoms with E-state index < -0.39 is 16.1 Å². The van der Waals surface area contributed by atoms with Gasteiger partial charge in [-0.15, -0.1) is 0 Å². The van der Waals surface area contributed by atoms with E-state index in [2.05, 4.69) is 15.4 Å². The topological polar surface area (TPSA) is 111 Å². The van der Waals surface area contributed by atoms with Gasteiger partial charge < -0.3 is 10.6 Å². The van der Waals surface area contributed by atoms with Gasteiger partial charge in [0, 0.05) is 11.4 Å². The molecule has 0 fully saturated rings. The SMILES string of the molecule is CS(=O)(=O)Nc1cccc(NC(=O)Nc2ccc(C#N)cc2)c1. The summed E-state index contributed by atoms with van der Waals surface area (Å²) in [5.74, 6) is 0. The van der Waals surface area contributed by atoms with Crippen molar-refractivity contribution in [2.45, 2.75) is 0 Å². The predicted molar refractivity (Wildman–Crippen MR) is 88.7 cm³/mol. The first kappa shape index (κ1) is 16.3. The van der Waals surface area contributed by atoms with Crippen LogP contribution >= 0.6 is 0 Å². The predicted octanol–water partition coefficient (Wildman–Crippen LogP) is 2.57. The quantitative estimate of drug-likeness (QED) is 0.800. The van der Waals surface area contributed by atoms with Crippen molar-refractivity contribution in [1.29, 1.82) is 5.26 Å². The van der Waals surface area contributed by atoms with Crippen molar-refractivity contribution in [3.05, 3.63) is 54.1 Å². The average Bonchev–Trinajstić information content (AvgIpc) is 2.46. The maximum atomic E-state index is 11.9. The second-order valence-corrected chi connectivity index (χ2v) is 6.47. The molecule has 0 spiro atoms. The molecular formula is C15H14N4O3S. The number of carbonyl (C=O) groups excluding carboxylic acids is 1.